The predicted octanol–water partition coefficient (Wildman–Crippen LogP) is 3.77. The lowest BCUT2D eigenvalue weighted by Crippen LogP contribution is -2.40. The highest BCUT2D eigenvalue weighted by Crippen LogP contribution is 2.27. The van der Waals surface area contributed by atoms with Gasteiger partial charge in [0.1, 0.15) is 11.9 Å². The molecule has 1 aliphatic heterocycles. The Bertz CT molecular complexity index is 669. The number of nitrogens with one attached hydrogen (secondary N) is 2. The first-order chi connectivity index (χ1) is 11.5. The van der Waals surface area contributed by atoms with Crippen LogP contribution < -0.4 is 21.3 Å². The van der Waals surface area contributed by atoms with Crippen molar-refractivity contribution in [3.8, 4) is 5.75 Å². The van der Waals surface area contributed by atoms with E-state index in [-0.39, 0.29) is 18.2 Å². The Morgan fingerprint density at radius 3 is 2.46 bits per heavy atom. The molecule has 0 aliphatic carbocycles. The predicted molar refractivity (Wildman–Crippen MR) is 98.9 cm³/mol. The van der Waals surface area contributed by atoms with Gasteiger partial charge in [0.15, 0.2) is 0 Å². The van der Waals surface area contributed by atoms with Crippen molar-refractivity contribution in [2.75, 3.05) is 5.73 Å². The maximum atomic E-state index is 6.11. The average Bonchev–Trinajstić information content (AvgIpc) is 3.05. The number of hydrogen-bond acceptors (Lipinski definition) is 4. The number of rotatable bonds is 5. The molecule has 0 radical (unpaired) electrons. The van der Waals surface area contributed by atoms with Crippen molar-refractivity contribution >= 4 is 5.69 Å². The Kier molecular flexibility index (Phi) is 5.07. The van der Waals surface area contributed by atoms with Crippen LogP contribution >= 0.6 is 0 Å². The van der Waals surface area contributed by atoms with Crippen molar-refractivity contribution in [2.24, 2.45) is 0 Å². The standard InChI is InChI=1S/C20H27N3O/c1-13(2)15-7-9-18(10-8-15)24-14(3)19-12-20(23-22-19)16-5-4-6-17(21)11-16/h4-11,13-14,19-20,22-23H,12,21H2,1-3H3. The molecule has 3 rings (SSSR count). The van der Waals surface area contributed by atoms with Gasteiger partial charge in [0, 0.05) is 11.7 Å². The Balaban J connectivity index is 1.59. The summed E-state index contributed by atoms with van der Waals surface area (Å²) in [5.74, 6) is 1.46. The molecule has 1 saturated heterocycles. The first-order valence-corrected chi connectivity index (χ1v) is 8.66. The first kappa shape index (κ1) is 16.8. The van der Waals surface area contributed by atoms with Gasteiger partial charge in [-0.05, 0) is 54.7 Å². The maximum Gasteiger partial charge on any atom is 0.119 e. The van der Waals surface area contributed by atoms with Crippen molar-refractivity contribution in [3.05, 3.63) is 59.7 Å². The summed E-state index contributed by atoms with van der Waals surface area (Å²) in [5, 5.41) is 0. The highest BCUT2D eigenvalue weighted by Gasteiger charge is 2.30. The van der Waals surface area contributed by atoms with E-state index >= 15 is 0 Å². The van der Waals surface area contributed by atoms with Crippen LogP contribution in [0.3, 0.4) is 0 Å². The van der Waals surface area contributed by atoms with E-state index in [4.69, 9.17) is 10.5 Å². The molecule has 4 N–H and O–H groups in total. The third kappa shape index (κ3) is 3.89. The Labute approximate surface area is 144 Å². The number of benzene rings is 2. The molecule has 24 heavy (non-hydrogen) atoms. The van der Waals surface area contributed by atoms with Gasteiger partial charge in [-0.15, -0.1) is 0 Å². The average molecular weight is 325 g/mol. The zero-order chi connectivity index (χ0) is 17.1. The molecule has 1 heterocycles. The minimum atomic E-state index is 0.0773. The fourth-order valence-corrected chi connectivity index (χ4v) is 3.11. The van der Waals surface area contributed by atoms with Crippen LogP contribution in [0.4, 0.5) is 5.69 Å². The summed E-state index contributed by atoms with van der Waals surface area (Å²) in [6.45, 7) is 6.50. The summed E-state index contributed by atoms with van der Waals surface area (Å²) < 4.78 is 6.11. The third-order valence-corrected chi connectivity index (χ3v) is 4.68. The van der Waals surface area contributed by atoms with Crippen molar-refractivity contribution in [1.29, 1.82) is 0 Å². The van der Waals surface area contributed by atoms with Gasteiger partial charge < -0.3 is 10.5 Å². The van der Waals surface area contributed by atoms with Crippen LogP contribution in [0.15, 0.2) is 48.5 Å². The van der Waals surface area contributed by atoms with Crippen LogP contribution in [0.1, 0.15) is 50.3 Å². The maximum absolute atomic E-state index is 6.11. The van der Waals surface area contributed by atoms with Crippen molar-refractivity contribution in [1.82, 2.24) is 10.9 Å². The lowest BCUT2D eigenvalue weighted by Gasteiger charge is -2.21. The molecule has 0 spiro atoms. The van der Waals surface area contributed by atoms with Gasteiger partial charge in [-0.1, -0.05) is 38.1 Å². The van der Waals surface area contributed by atoms with E-state index in [1.165, 1.54) is 11.1 Å². The monoisotopic (exact) mass is 325 g/mol. The molecular formula is C20H27N3O. The lowest BCUT2D eigenvalue weighted by atomic mass is 9.99. The van der Waals surface area contributed by atoms with Gasteiger partial charge in [0.05, 0.1) is 6.04 Å². The molecule has 0 aromatic heterocycles. The van der Waals surface area contributed by atoms with E-state index in [2.05, 4.69) is 62.0 Å². The van der Waals surface area contributed by atoms with E-state index in [9.17, 15) is 0 Å². The summed E-state index contributed by atoms with van der Waals surface area (Å²) in [6, 6.07) is 16.9. The number of hydrogen-bond donors (Lipinski definition) is 3. The van der Waals surface area contributed by atoms with E-state index in [1.807, 2.05) is 18.2 Å². The smallest absolute Gasteiger partial charge is 0.119 e. The molecule has 2 aromatic carbocycles. The molecular weight excluding hydrogens is 298 g/mol. The molecule has 1 aliphatic rings. The second-order valence-electron chi connectivity index (χ2n) is 6.90. The van der Waals surface area contributed by atoms with Gasteiger partial charge >= 0.3 is 0 Å². The van der Waals surface area contributed by atoms with Crippen LogP contribution in [-0.2, 0) is 0 Å². The fraction of sp³-hybridized carbons (Fsp3) is 0.400. The van der Waals surface area contributed by atoms with Crippen LogP contribution in [0, 0.1) is 0 Å². The van der Waals surface area contributed by atoms with Gasteiger partial charge in [-0.2, -0.15) is 0 Å². The van der Waals surface area contributed by atoms with Crippen LogP contribution in [0.5, 0.6) is 5.75 Å². The molecule has 0 saturated carbocycles. The van der Waals surface area contributed by atoms with Crippen LogP contribution in [-0.4, -0.2) is 12.1 Å². The van der Waals surface area contributed by atoms with Gasteiger partial charge in [-0.3, -0.25) is 5.43 Å². The summed E-state index contributed by atoms with van der Waals surface area (Å²) in [5.41, 5.74) is 15.9. The van der Waals surface area contributed by atoms with Gasteiger partial charge in [0.2, 0.25) is 0 Å². The molecule has 4 nitrogen and oxygen atoms in total. The Morgan fingerprint density at radius 2 is 1.79 bits per heavy atom. The highest BCUT2D eigenvalue weighted by atomic mass is 16.5. The molecule has 4 heteroatoms. The third-order valence-electron chi connectivity index (χ3n) is 4.68. The SMILES string of the molecule is CC(C)c1ccc(OC(C)C2CC(c3cccc(N)c3)NN2)cc1. The first-order valence-electron chi connectivity index (χ1n) is 8.66. The fourth-order valence-electron chi connectivity index (χ4n) is 3.11. The number of ether oxygens (including phenoxy) is 1. The molecule has 0 amide bonds. The Morgan fingerprint density at radius 1 is 1.04 bits per heavy atom. The molecule has 2 aromatic rings. The summed E-state index contributed by atoms with van der Waals surface area (Å²) in [4.78, 5) is 0. The second kappa shape index (κ2) is 7.24. The number of hydrazine groups is 1. The normalized spacial score (nSPS) is 21.8. The lowest BCUT2D eigenvalue weighted by molar-refractivity contribution is 0.176. The van der Waals surface area contributed by atoms with E-state index < -0.39 is 0 Å². The molecule has 1 fully saturated rings. The van der Waals surface area contributed by atoms with Crippen LogP contribution in [0.2, 0.25) is 0 Å². The number of anilines is 1. The highest BCUT2D eigenvalue weighted by molar-refractivity contribution is 5.42. The van der Waals surface area contributed by atoms with E-state index in [1.54, 1.807) is 0 Å². The second-order valence-corrected chi connectivity index (χ2v) is 6.90. The molecule has 0 bridgehead atoms. The number of nitrogen functional groups attached to an aromatic ring is 1. The molecule has 128 valence electrons. The molecule has 3 unspecified atom stereocenters. The van der Waals surface area contributed by atoms with E-state index in [0.717, 1.165) is 17.9 Å². The van der Waals surface area contributed by atoms with Gasteiger partial charge in [0.25, 0.3) is 0 Å². The quantitative estimate of drug-likeness (QED) is 0.733. The largest absolute Gasteiger partial charge is 0.489 e. The van der Waals surface area contributed by atoms with Crippen molar-refractivity contribution in [2.45, 2.75) is 51.3 Å². The van der Waals surface area contributed by atoms with E-state index in [0.29, 0.717) is 5.92 Å². The summed E-state index contributed by atoms with van der Waals surface area (Å²) >= 11 is 0. The van der Waals surface area contributed by atoms with Crippen molar-refractivity contribution < 1.29 is 4.74 Å². The number of nitrogens with two attached hydrogens (primary N) is 1. The summed E-state index contributed by atoms with van der Waals surface area (Å²) in [6.07, 6.45) is 1.04. The minimum Gasteiger partial charge on any atom is -0.489 e. The zero-order valence-corrected chi connectivity index (χ0v) is 14.6. The van der Waals surface area contributed by atoms with Crippen LogP contribution in [0.25, 0.3) is 0 Å². The topological polar surface area (TPSA) is 59.3 Å². The van der Waals surface area contributed by atoms with Gasteiger partial charge in [-0.25, -0.2) is 5.43 Å². The minimum absolute atomic E-state index is 0.0773. The summed E-state index contributed by atoms with van der Waals surface area (Å²) in [7, 11) is 0. The van der Waals surface area contributed by atoms with Crippen molar-refractivity contribution in [3.63, 3.8) is 0 Å². The molecule has 3 atom stereocenters. The zero-order valence-electron chi connectivity index (χ0n) is 14.6. The Hall–Kier alpha value is -2.04.